The fraction of sp³-hybridized carbons (Fsp3) is 0.375. The molecule has 0 fully saturated rings. The van der Waals surface area contributed by atoms with Gasteiger partial charge in [0.2, 0.25) is 5.91 Å². The van der Waals surface area contributed by atoms with Gasteiger partial charge in [0.05, 0.1) is 36.4 Å². The smallest absolute Gasteiger partial charge is 0.406 e. The average molecular weight is 546 g/mol. The lowest BCUT2D eigenvalue weighted by Gasteiger charge is -2.19. The molecule has 39 heavy (non-hydrogen) atoms. The van der Waals surface area contributed by atoms with Crippen LogP contribution in [0, 0.1) is 0 Å². The largest absolute Gasteiger partial charge is 0.573 e. The number of hydrogen-bond acceptors (Lipinski definition) is 8. The zero-order valence-electron chi connectivity index (χ0n) is 20.9. The van der Waals surface area contributed by atoms with Gasteiger partial charge in [-0.1, -0.05) is 11.3 Å². The van der Waals surface area contributed by atoms with Gasteiger partial charge in [-0.05, 0) is 50.0 Å². The number of allylic oxidation sites excluding steroid dienone is 3. The molecule has 206 valence electrons. The number of ether oxygens (including phenoxy) is 1. The standard InChI is InChI=1S/C24H26F3N9O3/c1-28-23(38)20-14-36(34-32-20)10-3-2-5-16-8-9-21(33-31-16)30-22(37)11-17-13-35(15-29-17)18-6-4-7-19(12-18)39-24(25,26)27/h4,7-9,12-15,18H,2-3,5-6,10-11H2,1H3,(H,28,38)(H,30,33,37). The molecular weight excluding hydrogens is 519 g/mol. The molecule has 1 aliphatic carbocycles. The number of nitrogens with zero attached hydrogens (tertiary/aromatic N) is 7. The molecule has 0 saturated heterocycles. The summed E-state index contributed by atoms with van der Waals surface area (Å²) in [5, 5.41) is 21.1. The first-order chi connectivity index (χ1) is 18.7. The highest BCUT2D eigenvalue weighted by Crippen LogP contribution is 2.28. The van der Waals surface area contributed by atoms with E-state index in [1.54, 1.807) is 39.9 Å². The summed E-state index contributed by atoms with van der Waals surface area (Å²) in [5.74, 6) is -0.640. The Morgan fingerprint density at radius 1 is 1.13 bits per heavy atom. The zero-order chi connectivity index (χ0) is 27.8. The summed E-state index contributed by atoms with van der Waals surface area (Å²) in [6.45, 7) is 0.609. The lowest BCUT2D eigenvalue weighted by molar-refractivity contribution is -0.303. The van der Waals surface area contributed by atoms with Crippen molar-refractivity contribution in [2.45, 2.75) is 51.1 Å². The van der Waals surface area contributed by atoms with Gasteiger partial charge in [0.15, 0.2) is 11.5 Å². The highest BCUT2D eigenvalue weighted by atomic mass is 19.4. The molecule has 0 radical (unpaired) electrons. The van der Waals surface area contributed by atoms with Gasteiger partial charge in [-0.15, -0.1) is 23.4 Å². The van der Waals surface area contributed by atoms with Crippen molar-refractivity contribution in [2.24, 2.45) is 0 Å². The third kappa shape index (κ3) is 8.21. The van der Waals surface area contributed by atoms with E-state index < -0.39 is 12.4 Å². The Hall–Kier alpha value is -4.56. The fourth-order valence-corrected chi connectivity index (χ4v) is 3.83. The van der Waals surface area contributed by atoms with Gasteiger partial charge in [-0.25, -0.2) is 4.98 Å². The Labute approximate surface area is 221 Å². The molecule has 0 bridgehead atoms. The molecule has 12 nitrogen and oxygen atoms in total. The van der Waals surface area contributed by atoms with Crippen LogP contribution in [-0.4, -0.2) is 60.0 Å². The van der Waals surface area contributed by atoms with Crippen LogP contribution < -0.4 is 10.6 Å². The van der Waals surface area contributed by atoms with E-state index >= 15 is 0 Å². The Balaban J connectivity index is 1.20. The van der Waals surface area contributed by atoms with Crippen LogP contribution >= 0.6 is 0 Å². The van der Waals surface area contributed by atoms with E-state index in [2.05, 4.69) is 40.9 Å². The topological polar surface area (TPSA) is 142 Å². The average Bonchev–Trinajstić information content (AvgIpc) is 3.56. The van der Waals surface area contributed by atoms with Gasteiger partial charge in [-0.2, -0.15) is 5.10 Å². The fourth-order valence-electron chi connectivity index (χ4n) is 3.83. The molecule has 4 rings (SSSR count). The molecule has 3 aromatic rings. The predicted octanol–water partition coefficient (Wildman–Crippen LogP) is 2.75. The number of anilines is 1. The van der Waals surface area contributed by atoms with Gasteiger partial charge in [0.25, 0.3) is 5.91 Å². The summed E-state index contributed by atoms with van der Waals surface area (Å²) in [7, 11) is 1.53. The highest BCUT2D eigenvalue weighted by Gasteiger charge is 2.32. The number of imidazole rings is 1. The SMILES string of the molecule is CNC(=O)c1cn(CCCCc2ccc(NC(=O)Cc3cn(C4C=C(OC(F)(F)F)C=CC4)cn3)nn2)nn1. The van der Waals surface area contributed by atoms with Crippen molar-refractivity contribution < 1.29 is 27.5 Å². The third-order valence-electron chi connectivity index (χ3n) is 5.69. The summed E-state index contributed by atoms with van der Waals surface area (Å²) in [5.41, 5.74) is 1.48. The lowest BCUT2D eigenvalue weighted by atomic mass is 10.1. The number of halogens is 3. The number of amides is 2. The van der Waals surface area contributed by atoms with E-state index in [0.29, 0.717) is 30.9 Å². The molecule has 1 unspecified atom stereocenters. The number of alkyl halides is 3. The number of aromatic nitrogens is 7. The van der Waals surface area contributed by atoms with Gasteiger partial charge >= 0.3 is 6.36 Å². The summed E-state index contributed by atoms with van der Waals surface area (Å²) in [6, 6.07) is 3.03. The number of hydrogen-bond donors (Lipinski definition) is 2. The van der Waals surface area contributed by atoms with Crippen LogP contribution in [0.2, 0.25) is 0 Å². The lowest BCUT2D eigenvalue weighted by Crippen LogP contribution is -2.18. The van der Waals surface area contributed by atoms with Crippen LogP contribution in [0.1, 0.15) is 47.2 Å². The molecule has 1 atom stereocenters. The van der Waals surface area contributed by atoms with E-state index in [4.69, 9.17) is 0 Å². The molecule has 0 spiro atoms. The first-order valence-corrected chi connectivity index (χ1v) is 12.1. The van der Waals surface area contributed by atoms with Crippen LogP contribution in [0.15, 0.2) is 54.8 Å². The normalized spacial score (nSPS) is 15.1. The molecule has 2 amide bonds. The number of aryl methyl sites for hydroxylation is 2. The van der Waals surface area contributed by atoms with Crippen LogP contribution in [0.4, 0.5) is 19.0 Å². The molecule has 15 heteroatoms. The van der Waals surface area contributed by atoms with Crippen molar-refractivity contribution in [3.8, 4) is 0 Å². The summed E-state index contributed by atoms with van der Waals surface area (Å²) in [6.07, 6.45) is 6.82. The van der Waals surface area contributed by atoms with Gasteiger partial charge in [0.1, 0.15) is 5.76 Å². The molecule has 3 aromatic heterocycles. The first kappa shape index (κ1) is 27.5. The molecule has 0 aliphatic heterocycles. The Morgan fingerprint density at radius 3 is 2.72 bits per heavy atom. The van der Waals surface area contributed by atoms with Crippen molar-refractivity contribution >= 4 is 17.6 Å². The van der Waals surface area contributed by atoms with E-state index in [9.17, 15) is 22.8 Å². The maximum absolute atomic E-state index is 12.5. The Kier molecular flexibility index (Phi) is 8.68. The summed E-state index contributed by atoms with van der Waals surface area (Å²) in [4.78, 5) is 28.1. The van der Waals surface area contributed by atoms with Crippen LogP contribution in [0.25, 0.3) is 0 Å². The quantitative estimate of drug-likeness (QED) is 0.351. The minimum atomic E-state index is -4.77. The maximum atomic E-state index is 12.5. The van der Waals surface area contributed by atoms with E-state index in [-0.39, 0.29) is 29.7 Å². The van der Waals surface area contributed by atoms with E-state index in [0.717, 1.165) is 18.5 Å². The van der Waals surface area contributed by atoms with Crippen molar-refractivity contribution in [3.05, 3.63) is 71.9 Å². The molecule has 0 aromatic carbocycles. The summed E-state index contributed by atoms with van der Waals surface area (Å²) < 4.78 is 44.7. The van der Waals surface area contributed by atoms with Gasteiger partial charge in [-0.3, -0.25) is 14.3 Å². The molecule has 1 aliphatic rings. The Morgan fingerprint density at radius 2 is 1.97 bits per heavy atom. The molecule has 2 N–H and O–H groups in total. The number of rotatable bonds is 11. The number of carbonyl (C=O) groups is 2. The van der Waals surface area contributed by atoms with Crippen LogP contribution in [-0.2, 0) is 28.9 Å². The van der Waals surface area contributed by atoms with Crippen LogP contribution in [0.3, 0.4) is 0 Å². The predicted molar refractivity (Wildman–Crippen MR) is 131 cm³/mol. The van der Waals surface area contributed by atoms with Crippen molar-refractivity contribution in [2.75, 3.05) is 12.4 Å². The molecule has 3 heterocycles. The third-order valence-corrected chi connectivity index (χ3v) is 5.69. The van der Waals surface area contributed by atoms with E-state index in [1.165, 1.54) is 25.5 Å². The van der Waals surface area contributed by atoms with Crippen molar-refractivity contribution in [1.29, 1.82) is 0 Å². The van der Waals surface area contributed by atoms with Gasteiger partial charge < -0.3 is 19.9 Å². The highest BCUT2D eigenvalue weighted by molar-refractivity contribution is 5.91. The minimum Gasteiger partial charge on any atom is -0.406 e. The second-order valence-electron chi connectivity index (χ2n) is 8.67. The van der Waals surface area contributed by atoms with E-state index in [1.807, 2.05) is 0 Å². The molecule has 0 saturated carbocycles. The minimum absolute atomic E-state index is 0.0431. The monoisotopic (exact) mass is 545 g/mol. The second kappa shape index (κ2) is 12.3. The van der Waals surface area contributed by atoms with Crippen LogP contribution in [0.5, 0.6) is 0 Å². The summed E-state index contributed by atoms with van der Waals surface area (Å²) >= 11 is 0. The van der Waals surface area contributed by atoms with Gasteiger partial charge in [0, 0.05) is 19.8 Å². The van der Waals surface area contributed by atoms with Crippen molar-refractivity contribution in [1.82, 2.24) is 40.1 Å². The second-order valence-corrected chi connectivity index (χ2v) is 8.67. The number of unbranched alkanes of at least 4 members (excludes halogenated alkanes) is 1. The first-order valence-electron chi connectivity index (χ1n) is 12.1. The number of nitrogens with one attached hydrogen (secondary N) is 2. The zero-order valence-corrected chi connectivity index (χ0v) is 20.9. The number of carbonyl (C=O) groups excluding carboxylic acids is 2. The maximum Gasteiger partial charge on any atom is 0.573 e. The molecular formula is C24H26F3N9O3. The Bertz CT molecular complexity index is 1350. The van der Waals surface area contributed by atoms with Crippen molar-refractivity contribution in [3.63, 3.8) is 0 Å².